The van der Waals surface area contributed by atoms with Crippen molar-refractivity contribution in [2.24, 2.45) is 5.73 Å². The first-order chi connectivity index (χ1) is 14.7. The summed E-state index contributed by atoms with van der Waals surface area (Å²) >= 11 is 7.80. The van der Waals surface area contributed by atoms with Gasteiger partial charge in [0.1, 0.15) is 0 Å². The second kappa shape index (κ2) is 11.9. The third-order valence-electron chi connectivity index (χ3n) is 4.24. The molecule has 3 aromatic rings. The van der Waals surface area contributed by atoms with Gasteiger partial charge in [0.25, 0.3) is 0 Å². The maximum atomic E-state index is 10.8. The highest BCUT2D eigenvalue weighted by atomic mass is 35.5. The van der Waals surface area contributed by atoms with Crippen LogP contribution in [0.15, 0.2) is 78.4 Å². The van der Waals surface area contributed by atoms with Gasteiger partial charge in [0.15, 0.2) is 5.76 Å². The van der Waals surface area contributed by atoms with E-state index in [1.54, 1.807) is 11.3 Å². The number of halogens is 4. The number of rotatable bonds is 7. The summed E-state index contributed by atoms with van der Waals surface area (Å²) in [5.41, 5.74) is 9.51. The minimum absolute atomic E-state index is 0.579. The largest absolute Gasteiger partial charge is 0.505 e. The van der Waals surface area contributed by atoms with Gasteiger partial charge in [0.2, 0.25) is 0 Å². The molecule has 0 aliphatic rings. The number of thiophene rings is 1. The van der Waals surface area contributed by atoms with Crippen molar-refractivity contribution in [1.29, 1.82) is 0 Å². The minimum atomic E-state index is -4.64. The van der Waals surface area contributed by atoms with E-state index in [1.807, 2.05) is 12.1 Å². The molecule has 0 amide bonds. The molecular weight excluding hydrogens is 445 g/mol. The third-order valence-corrected chi connectivity index (χ3v) is 5.35. The first-order valence-corrected chi connectivity index (χ1v) is 10.6. The van der Waals surface area contributed by atoms with Gasteiger partial charge >= 0.3 is 6.18 Å². The molecule has 1 heterocycles. The molecule has 0 saturated carbocycles. The summed E-state index contributed by atoms with van der Waals surface area (Å²) < 4.78 is 32.5. The fraction of sp³-hybridized carbons (Fsp3) is 0.217. The first kappa shape index (κ1) is 24.9. The van der Waals surface area contributed by atoms with Gasteiger partial charge in [0.05, 0.1) is 0 Å². The van der Waals surface area contributed by atoms with E-state index in [9.17, 15) is 13.2 Å². The van der Waals surface area contributed by atoms with Gasteiger partial charge in [-0.3, -0.25) is 4.90 Å². The Kier molecular flexibility index (Phi) is 9.58. The molecule has 8 heteroatoms. The molecule has 2 aromatic carbocycles. The highest BCUT2D eigenvalue weighted by Gasteiger charge is 2.31. The van der Waals surface area contributed by atoms with Gasteiger partial charge in [-0.15, -0.1) is 11.3 Å². The lowest BCUT2D eigenvalue weighted by Crippen LogP contribution is -2.22. The fourth-order valence-electron chi connectivity index (χ4n) is 2.75. The molecule has 0 bridgehead atoms. The molecule has 31 heavy (non-hydrogen) atoms. The maximum absolute atomic E-state index is 10.8. The van der Waals surface area contributed by atoms with Crippen molar-refractivity contribution in [3.05, 3.63) is 105 Å². The molecule has 0 fully saturated rings. The number of aliphatic hydroxyl groups is 1. The second-order valence-corrected chi connectivity index (χ2v) is 8.29. The number of nitrogens with two attached hydrogens (primary N) is 1. The van der Waals surface area contributed by atoms with Crippen molar-refractivity contribution in [2.75, 3.05) is 0 Å². The van der Waals surface area contributed by atoms with E-state index in [4.69, 9.17) is 22.4 Å². The molecule has 0 unspecified atom stereocenters. The zero-order valence-corrected chi connectivity index (χ0v) is 18.4. The van der Waals surface area contributed by atoms with Crippen molar-refractivity contribution >= 4 is 22.9 Å². The normalized spacial score (nSPS) is 11.2. The Balaban J connectivity index is 0.000000423. The Bertz CT molecular complexity index is 944. The second-order valence-electron chi connectivity index (χ2n) is 6.82. The van der Waals surface area contributed by atoms with Crippen molar-refractivity contribution < 1.29 is 18.3 Å². The van der Waals surface area contributed by atoms with Crippen molar-refractivity contribution in [3.8, 4) is 0 Å². The van der Waals surface area contributed by atoms with Crippen molar-refractivity contribution in [3.63, 3.8) is 0 Å². The van der Waals surface area contributed by atoms with Crippen LogP contribution in [0.3, 0.4) is 0 Å². The van der Waals surface area contributed by atoms with Crippen LogP contribution in [0.25, 0.3) is 0 Å². The van der Waals surface area contributed by atoms with Gasteiger partial charge < -0.3 is 10.8 Å². The van der Waals surface area contributed by atoms with Gasteiger partial charge in [-0.2, -0.15) is 13.2 Å². The molecule has 0 saturated heterocycles. The highest BCUT2D eigenvalue weighted by Crippen LogP contribution is 2.21. The summed E-state index contributed by atoms with van der Waals surface area (Å²) in [6.07, 6.45) is -4.64. The number of allylic oxidation sites excluding steroid dienone is 1. The smallest absolute Gasteiger partial charge is 0.448 e. The van der Waals surface area contributed by atoms with Gasteiger partial charge in [-0.1, -0.05) is 60.6 Å². The highest BCUT2D eigenvalue weighted by molar-refractivity contribution is 7.09. The van der Waals surface area contributed by atoms with E-state index >= 15 is 0 Å². The molecule has 0 spiro atoms. The van der Waals surface area contributed by atoms with Crippen molar-refractivity contribution in [2.45, 2.75) is 32.4 Å². The van der Waals surface area contributed by atoms with E-state index in [1.165, 1.54) is 21.6 Å². The topological polar surface area (TPSA) is 49.5 Å². The Labute approximate surface area is 189 Å². The molecule has 0 aliphatic heterocycles. The van der Waals surface area contributed by atoms with Crippen LogP contribution in [-0.4, -0.2) is 16.2 Å². The molecule has 0 atom stereocenters. The van der Waals surface area contributed by atoms with Gasteiger partial charge in [-0.05, 0) is 40.3 Å². The lowest BCUT2D eigenvalue weighted by Gasteiger charge is -2.22. The SMILES string of the molecule is C=C(O)C(F)(F)F.NCc1cccc(CN(Cc2ccc(Cl)cc2)Cc2cccs2)c1. The summed E-state index contributed by atoms with van der Waals surface area (Å²) in [5, 5.41) is 10.5. The molecule has 3 N–H and O–H groups in total. The van der Waals surface area contributed by atoms with E-state index in [0.717, 1.165) is 24.7 Å². The van der Waals surface area contributed by atoms with E-state index < -0.39 is 11.9 Å². The molecule has 3 rings (SSSR count). The number of aliphatic hydroxyl groups excluding tert-OH is 1. The van der Waals surface area contributed by atoms with Crippen molar-refractivity contribution in [1.82, 2.24) is 4.90 Å². The molecular formula is C23H24ClF3N2OS. The average molecular weight is 469 g/mol. The predicted molar refractivity (Wildman–Crippen MR) is 121 cm³/mol. The van der Waals surface area contributed by atoms with Crippen LogP contribution in [0.2, 0.25) is 5.02 Å². The zero-order chi connectivity index (χ0) is 22.9. The quantitative estimate of drug-likeness (QED) is 0.380. The Hall–Kier alpha value is -2.32. The summed E-state index contributed by atoms with van der Waals surface area (Å²) in [7, 11) is 0. The zero-order valence-electron chi connectivity index (χ0n) is 16.8. The van der Waals surface area contributed by atoms with Crippen LogP contribution in [0.4, 0.5) is 13.2 Å². The maximum Gasteiger partial charge on any atom is 0.448 e. The van der Waals surface area contributed by atoms with Crippen LogP contribution in [0.1, 0.15) is 21.6 Å². The van der Waals surface area contributed by atoms with Crippen LogP contribution < -0.4 is 5.73 Å². The molecule has 1 aromatic heterocycles. The number of hydrogen-bond donors (Lipinski definition) is 2. The molecule has 3 nitrogen and oxygen atoms in total. The van der Waals surface area contributed by atoms with Crippen LogP contribution in [0, 0.1) is 0 Å². The predicted octanol–water partition coefficient (Wildman–Crippen LogP) is 6.68. The standard InChI is InChI=1S/C20H21ClN2S.C3H3F3O/c21-19-8-6-16(7-9-19)13-23(15-20-5-2-10-24-20)14-18-4-1-3-17(11-18)12-22;1-2(7)3(4,5)6/h1-11H,12-15,22H2;7H,1H2. The summed E-state index contributed by atoms with van der Waals surface area (Å²) in [6.45, 7) is 5.56. The molecule has 0 radical (unpaired) electrons. The van der Waals surface area contributed by atoms with Crippen LogP contribution in [-0.2, 0) is 26.2 Å². The minimum Gasteiger partial charge on any atom is -0.505 e. The van der Waals surface area contributed by atoms with Gasteiger partial charge in [-0.25, -0.2) is 0 Å². The third kappa shape index (κ3) is 9.14. The summed E-state index contributed by atoms with van der Waals surface area (Å²) in [5.74, 6) is -1.76. The van der Waals surface area contributed by atoms with E-state index in [0.29, 0.717) is 6.54 Å². The van der Waals surface area contributed by atoms with E-state index in [-0.39, 0.29) is 0 Å². The fourth-order valence-corrected chi connectivity index (χ4v) is 3.62. The van der Waals surface area contributed by atoms with Crippen LogP contribution in [0.5, 0.6) is 0 Å². The number of benzene rings is 2. The lowest BCUT2D eigenvalue weighted by molar-refractivity contribution is -0.119. The Morgan fingerprint density at radius 2 is 1.58 bits per heavy atom. The number of alkyl halides is 3. The lowest BCUT2D eigenvalue weighted by atomic mass is 10.1. The van der Waals surface area contributed by atoms with E-state index in [2.05, 4.69) is 65.4 Å². The Morgan fingerprint density at radius 3 is 2.13 bits per heavy atom. The first-order valence-electron chi connectivity index (χ1n) is 9.39. The molecule has 166 valence electrons. The number of hydrogen-bond acceptors (Lipinski definition) is 4. The summed E-state index contributed by atoms with van der Waals surface area (Å²) in [4.78, 5) is 3.82. The van der Waals surface area contributed by atoms with Gasteiger partial charge in [0, 0.05) is 36.1 Å². The number of nitrogens with zero attached hydrogens (tertiary/aromatic N) is 1. The average Bonchev–Trinajstić information content (AvgIpc) is 3.22. The summed E-state index contributed by atoms with van der Waals surface area (Å²) in [6, 6.07) is 20.9. The molecule has 0 aliphatic carbocycles. The monoisotopic (exact) mass is 468 g/mol. The Morgan fingerprint density at radius 1 is 0.968 bits per heavy atom. The van der Waals surface area contributed by atoms with Crippen LogP contribution >= 0.6 is 22.9 Å².